The number of ether oxygens (including phenoxy) is 4. The highest BCUT2D eigenvalue weighted by atomic mass is 32.1. The van der Waals surface area contributed by atoms with Crippen molar-refractivity contribution in [2.45, 2.75) is 6.10 Å². The summed E-state index contributed by atoms with van der Waals surface area (Å²) < 4.78 is 29.4. The van der Waals surface area contributed by atoms with E-state index < -0.39 is 12.1 Å². The topological polar surface area (TPSA) is 136 Å². The summed E-state index contributed by atoms with van der Waals surface area (Å²) in [6.45, 7) is 4.46. The molecule has 1 aromatic rings. The number of anilines is 1. The van der Waals surface area contributed by atoms with E-state index in [9.17, 15) is 9.90 Å². The van der Waals surface area contributed by atoms with Gasteiger partial charge in [0.05, 0.1) is 44.8 Å². The van der Waals surface area contributed by atoms with Crippen LogP contribution in [0.5, 0.6) is 5.88 Å². The smallest absolute Gasteiger partial charge is 0.329 e. The van der Waals surface area contributed by atoms with Crippen LogP contribution in [0.3, 0.4) is 0 Å². The van der Waals surface area contributed by atoms with E-state index in [0.717, 1.165) is 24.8 Å². The predicted octanol–water partition coefficient (Wildman–Crippen LogP) is -1.18. The molecular weight excluding hydrogens is 380 g/mol. The summed E-state index contributed by atoms with van der Waals surface area (Å²) in [6.07, 6.45) is -0.692. The Labute approximate surface area is 161 Å². The van der Waals surface area contributed by atoms with E-state index in [1.807, 2.05) is 0 Å². The minimum atomic E-state index is -1.00. The molecule has 0 bridgehead atoms. The molecule has 1 aliphatic heterocycles. The highest BCUT2D eigenvalue weighted by Crippen LogP contribution is 2.26. The van der Waals surface area contributed by atoms with Crippen LogP contribution in [0, 0.1) is 0 Å². The highest BCUT2D eigenvalue weighted by Gasteiger charge is 2.20. The van der Waals surface area contributed by atoms with Gasteiger partial charge >= 0.3 is 5.97 Å². The van der Waals surface area contributed by atoms with E-state index in [1.165, 1.54) is 0 Å². The number of hydrogen-bond acceptors (Lipinski definition) is 11. The maximum Gasteiger partial charge on any atom is 0.329 e. The lowest BCUT2D eigenvalue weighted by molar-refractivity contribution is -0.142. The molecule has 0 unspecified atom stereocenters. The van der Waals surface area contributed by atoms with Crippen molar-refractivity contribution in [1.29, 1.82) is 0 Å². The van der Waals surface area contributed by atoms with Gasteiger partial charge in [0, 0.05) is 26.2 Å². The van der Waals surface area contributed by atoms with Crippen molar-refractivity contribution < 1.29 is 34.0 Å². The van der Waals surface area contributed by atoms with Gasteiger partial charge in [-0.05, 0) is 0 Å². The van der Waals surface area contributed by atoms with Crippen molar-refractivity contribution in [2.24, 2.45) is 0 Å². The number of carbonyl (C=O) groups is 1. The molecule has 11 nitrogen and oxygen atoms in total. The molecule has 1 atom stereocenters. The van der Waals surface area contributed by atoms with E-state index in [4.69, 9.17) is 24.1 Å². The van der Waals surface area contributed by atoms with E-state index in [1.54, 1.807) is 0 Å². The maximum absolute atomic E-state index is 10.2. The standard InChI is InChI=1S/C15H26N4O7S/c20-12(9-16-1-4-23-7-8-25-11-13(21)22)10-26-15-14(17-27-18-15)19-2-5-24-6-3-19/h12,16,20H,1-11H2,(H,21,22)/t12-/m0/s1. The van der Waals surface area contributed by atoms with Crippen molar-refractivity contribution >= 4 is 23.5 Å². The van der Waals surface area contributed by atoms with Crippen molar-refractivity contribution in [3.63, 3.8) is 0 Å². The number of nitrogens with one attached hydrogen (secondary N) is 1. The Hall–Kier alpha value is -1.57. The third-order valence-corrected chi connectivity index (χ3v) is 4.07. The third kappa shape index (κ3) is 8.77. The van der Waals surface area contributed by atoms with Gasteiger partial charge in [-0.15, -0.1) is 4.37 Å². The zero-order valence-electron chi connectivity index (χ0n) is 15.0. The number of aliphatic carboxylic acids is 1. The Bertz CT molecular complexity index is 542. The number of carboxylic acid groups (broad SMARTS) is 1. The van der Waals surface area contributed by atoms with Gasteiger partial charge in [-0.25, -0.2) is 4.79 Å². The third-order valence-electron chi connectivity index (χ3n) is 3.57. The van der Waals surface area contributed by atoms with Crippen LogP contribution in [0.2, 0.25) is 0 Å². The summed E-state index contributed by atoms with van der Waals surface area (Å²) in [4.78, 5) is 12.3. The fraction of sp³-hybridized carbons (Fsp3) is 0.800. The molecule has 12 heteroatoms. The van der Waals surface area contributed by atoms with Crippen molar-refractivity contribution in [1.82, 2.24) is 14.1 Å². The number of morpholine rings is 1. The van der Waals surface area contributed by atoms with E-state index >= 15 is 0 Å². The molecule has 1 aromatic heterocycles. The number of nitrogens with zero attached hydrogens (tertiary/aromatic N) is 3. The molecule has 0 aliphatic carbocycles. The summed E-state index contributed by atoms with van der Waals surface area (Å²) in [5.74, 6) is 0.131. The van der Waals surface area contributed by atoms with Crippen LogP contribution < -0.4 is 15.0 Å². The molecule has 0 spiro atoms. The quantitative estimate of drug-likeness (QED) is 0.322. The van der Waals surface area contributed by atoms with Crippen molar-refractivity contribution in [2.75, 3.05) is 77.3 Å². The number of aliphatic hydroxyl groups excluding tert-OH is 1. The van der Waals surface area contributed by atoms with Gasteiger partial charge in [0.1, 0.15) is 19.3 Å². The first-order valence-corrected chi connectivity index (χ1v) is 9.44. The molecular formula is C15H26N4O7S. The second-order valence-electron chi connectivity index (χ2n) is 5.72. The van der Waals surface area contributed by atoms with Crippen molar-refractivity contribution in [3.8, 4) is 5.88 Å². The first-order valence-electron chi connectivity index (χ1n) is 8.71. The van der Waals surface area contributed by atoms with Gasteiger partial charge in [0.25, 0.3) is 5.88 Å². The Morgan fingerprint density at radius 2 is 2.04 bits per heavy atom. The first-order chi connectivity index (χ1) is 13.2. The summed E-state index contributed by atoms with van der Waals surface area (Å²) in [5.41, 5.74) is 0. The zero-order valence-corrected chi connectivity index (χ0v) is 15.9. The van der Waals surface area contributed by atoms with E-state index in [-0.39, 0.29) is 19.8 Å². The first kappa shape index (κ1) is 21.7. The molecule has 154 valence electrons. The van der Waals surface area contributed by atoms with Crippen LogP contribution in [0.4, 0.5) is 5.82 Å². The molecule has 1 fully saturated rings. The average Bonchev–Trinajstić information content (AvgIpc) is 3.14. The summed E-state index contributed by atoms with van der Waals surface area (Å²) >= 11 is 1.08. The zero-order chi connectivity index (χ0) is 19.3. The molecule has 0 aromatic carbocycles. The minimum absolute atomic E-state index is 0.111. The SMILES string of the molecule is O=C(O)COCCOCCNC[C@H](O)COc1nsnc1N1CCOCC1. The van der Waals surface area contributed by atoms with E-state index in [0.29, 0.717) is 51.2 Å². The number of hydrogen-bond donors (Lipinski definition) is 3. The number of rotatable bonds is 14. The normalized spacial score (nSPS) is 15.7. The van der Waals surface area contributed by atoms with Crippen LogP contribution >= 0.6 is 11.7 Å². The fourth-order valence-electron chi connectivity index (χ4n) is 2.26. The van der Waals surface area contributed by atoms with Crippen molar-refractivity contribution in [3.05, 3.63) is 0 Å². The maximum atomic E-state index is 10.2. The predicted molar refractivity (Wildman–Crippen MR) is 96.6 cm³/mol. The summed E-state index contributed by atoms with van der Waals surface area (Å²) in [5, 5.41) is 21.4. The lowest BCUT2D eigenvalue weighted by Gasteiger charge is -2.26. The van der Waals surface area contributed by atoms with Gasteiger partial charge < -0.3 is 39.4 Å². The second-order valence-corrected chi connectivity index (χ2v) is 6.25. The number of aromatic nitrogens is 2. The number of aliphatic hydroxyl groups is 1. The van der Waals surface area contributed by atoms with E-state index in [2.05, 4.69) is 19.0 Å². The van der Waals surface area contributed by atoms with Gasteiger partial charge in [-0.2, -0.15) is 4.37 Å². The molecule has 27 heavy (non-hydrogen) atoms. The van der Waals surface area contributed by atoms with Crippen LogP contribution in [-0.2, 0) is 19.0 Å². The van der Waals surface area contributed by atoms with Crippen LogP contribution in [-0.4, -0.2) is 103 Å². The molecule has 1 saturated heterocycles. The summed E-state index contributed by atoms with van der Waals surface area (Å²) in [7, 11) is 0. The summed E-state index contributed by atoms with van der Waals surface area (Å²) in [6, 6.07) is 0. The molecule has 1 aliphatic rings. The Morgan fingerprint density at radius 3 is 2.81 bits per heavy atom. The highest BCUT2D eigenvalue weighted by molar-refractivity contribution is 6.99. The minimum Gasteiger partial charge on any atom is -0.480 e. The molecule has 2 heterocycles. The van der Waals surface area contributed by atoms with Gasteiger partial charge in [-0.3, -0.25) is 0 Å². The average molecular weight is 406 g/mol. The largest absolute Gasteiger partial charge is 0.480 e. The fourth-order valence-corrected chi connectivity index (χ4v) is 2.78. The monoisotopic (exact) mass is 406 g/mol. The molecule has 2 rings (SSSR count). The lowest BCUT2D eigenvalue weighted by atomic mass is 10.3. The van der Waals surface area contributed by atoms with Gasteiger partial charge in [0.15, 0.2) is 0 Å². The number of carboxylic acids is 1. The molecule has 0 amide bonds. The lowest BCUT2D eigenvalue weighted by Crippen LogP contribution is -2.37. The molecule has 0 radical (unpaired) electrons. The van der Waals surface area contributed by atoms with Gasteiger partial charge in [0.2, 0.25) is 5.82 Å². The van der Waals surface area contributed by atoms with Gasteiger partial charge in [-0.1, -0.05) is 0 Å². The van der Waals surface area contributed by atoms with Crippen LogP contribution in [0.15, 0.2) is 0 Å². The van der Waals surface area contributed by atoms with Crippen LogP contribution in [0.25, 0.3) is 0 Å². The second kappa shape index (κ2) is 12.8. The molecule has 0 saturated carbocycles. The Balaban J connectivity index is 1.51. The Kier molecular flexibility index (Phi) is 10.3. The van der Waals surface area contributed by atoms with Crippen LogP contribution in [0.1, 0.15) is 0 Å². The molecule has 3 N–H and O–H groups in total. The Morgan fingerprint density at radius 1 is 1.26 bits per heavy atom.